The van der Waals surface area contributed by atoms with E-state index in [1.807, 2.05) is 17.9 Å². The Balaban J connectivity index is 1.37. The Morgan fingerprint density at radius 3 is 2.61 bits per heavy atom. The molecule has 2 saturated heterocycles. The fourth-order valence-electron chi connectivity index (χ4n) is 5.79. The minimum atomic E-state index is 0.234. The third kappa shape index (κ3) is 3.26. The Kier molecular flexibility index (Phi) is 4.71. The first-order valence-electron chi connectivity index (χ1n) is 10.7. The highest BCUT2D eigenvalue weighted by molar-refractivity contribution is 5.80. The molecule has 0 bridgehead atoms. The van der Waals surface area contributed by atoms with E-state index in [0.717, 1.165) is 39.0 Å². The normalized spacial score (nSPS) is 28.2. The fourth-order valence-corrected chi connectivity index (χ4v) is 5.79. The van der Waals surface area contributed by atoms with E-state index in [1.54, 1.807) is 0 Å². The van der Waals surface area contributed by atoms with Gasteiger partial charge in [-0.05, 0) is 24.3 Å². The number of carbonyl (C=O) groups is 1. The maximum atomic E-state index is 13.3. The molecule has 2 aliphatic heterocycles. The summed E-state index contributed by atoms with van der Waals surface area (Å²) in [4.78, 5) is 18.1. The zero-order valence-corrected chi connectivity index (χ0v) is 16.7. The Morgan fingerprint density at radius 2 is 1.89 bits per heavy atom. The average Bonchev–Trinajstić information content (AvgIpc) is 3.46. The summed E-state index contributed by atoms with van der Waals surface area (Å²) in [6, 6.07) is 11.0. The molecule has 3 atom stereocenters. The van der Waals surface area contributed by atoms with Crippen molar-refractivity contribution >= 4 is 5.91 Å². The van der Waals surface area contributed by atoms with Crippen molar-refractivity contribution in [2.45, 2.75) is 38.3 Å². The molecule has 1 saturated carbocycles. The smallest absolute Gasteiger partial charge is 0.226 e. The van der Waals surface area contributed by atoms with Gasteiger partial charge in [-0.2, -0.15) is 5.10 Å². The topological polar surface area (TPSA) is 41.4 Å². The summed E-state index contributed by atoms with van der Waals surface area (Å²) < 4.78 is 1.88. The summed E-state index contributed by atoms with van der Waals surface area (Å²) in [6.45, 7) is 4.02. The summed E-state index contributed by atoms with van der Waals surface area (Å²) in [7, 11) is 1.97. The molecule has 2 aromatic rings. The summed E-state index contributed by atoms with van der Waals surface area (Å²) in [5.41, 5.74) is 2.59. The zero-order valence-electron chi connectivity index (χ0n) is 16.7. The molecule has 1 amide bonds. The summed E-state index contributed by atoms with van der Waals surface area (Å²) >= 11 is 0. The standard InChI is InChI=1S/C23H30N4O/c1-25-12-17(11-24-25)13-26-14-20-15-27(23(28)19-9-5-6-10-19)22(21(20)16-26)18-7-3-2-4-8-18/h2-4,7-8,11-12,19-22H,5-6,9-10,13-16H2,1H3/t20-,21-,22+/m0/s1. The van der Waals surface area contributed by atoms with Crippen molar-refractivity contribution in [1.82, 2.24) is 19.6 Å². The highest BCUT2D eigenvalue weighted by Crippen LogP contribution is 2.46. The average molecular weight is 379 g/mol. The maximum Gasteiger partial charge on any atom is 0.226 e. The van der Waals surface area contributed by atoms with Crippen LogP contribution in [0, 0.1) is 17.8 Å². The van der Waals surface area contributed by atoms with Gasteiger partial charge in [0, 0.05) is 56.8 Å². The molecule has 0 N–H and O–H groups in total. The van der Waals surface area contributed by atoms with E-state index in [-0.39, 0.29) is 12.0 Å². The van der Waals surface area contributed by atoms with Gasteiger partial charge in [0.2, 0.25) is 5.91 Å². The van der Waals surface area contributed by atoms with Gasteiger partial charge in [-0.25, -0.2) is 0 Å². The maximum absolute atomic E-state index is 13.3. The van der Waals surface area contributed by atoms with E-state index in [4.69, 9.17) is 0 Å². The van der Waals surface area contributed by atoms with Crippen LogP contribution < -0.4 is 0 Å². The van der Waals surface area contributed by atoms with Gasteiger partial charge in [0.1, 0.15) is 0 Å². The van der Waals surface area contributed by atoms with Crippen molar-refractivity contribution in [3.05, 3.63) is 53.9 Å². The first kappa shape index (κ1) is 17.9. The van der Waals surface area contributed by atoms with Crippen LogP contribution in [0.2, 0.25) is 0 Å². The number of rotatable bonds is 4. The van der Waals surface area contributed by atoms with E-state index in [1.165, 1.54) is 24.0 Å². The molecule has 1 aromatic heterocycles. The summed E-state index contributed by atoms with van der Waals surface area (Å²) in [5.74, 6) is 1.78. The highest BCUT2D eigenvalue weighted by Gasteiger charge is 2.49. The minimum absolute atomic E-state index is 0.234. The van der Waals surface area contributed by atoms with Crippen LogP contribution in [0.4, 0.5) is 0 Å². The van der Waals surface area contributed by atoms with Crippen molar-refractivity contribution in [2.75, 3.05) is 19.6 Å². The van der Waals surface area contributed by atoms with Gasteiger partial charge >= 0.3 is 0 Å². The molecule has 5 rings (SSSR count). The Hall–Kier alpha value is -2.14. The second-order valence-electron chi connectivity index (χ2n) is 8.97. The largest absolute Gasteiger partial charge is 0.335 e. The highest BCUT2D eigenvalue weighted by atomic mass is 16.2. The minimum Gasteiger partial charge on any atom is -0.335 e. The van der Waals surface area contributed by atoms with Crippen LogP contribution in [-0.4, -0.2) is 45.1 Å². The number of hydrogen-bond donors (Lipinski definition) is 0. The van der Waals surface area contributed by atoms with Gasteiger partial charge in [-0.15, -0.1) is 0 Å². The lowest BCUT2D eigenvalue weighted by molar-refractivity contribution is -0.137. The predicted octanol–water partition coefficient (Wildman–Crippen LogP) is 3.24. The molecule has 3 aliphatic rings. The van der Waals surface area contributed by atoms with Gasteiger partial charge in [-0.3, -0.25) is 14.4 Å². The van der Waals surface area contributed by atoms with Crippen LogP contribution in [0.3, 0.4) is 0 Å². The van der Waals surface area contributed by atoms with Gasteiger partial charge in [0.25, 0.3) is 0 Å². The number of aryl methyl sites for hydroxylation is 1. The van der Waals surface area contributed by atoms with Crippen molar-refractivity contribution in [3.8, 4) is 0 Å². The van der Waals surface area contributed by atoms with Crippen LogP contribution in [-0.2, 0) is 18.4 Å². The van der Waals surface area contributed by atoms with Gasteiger partial charge < -0.3 is 4.90 Å². The van der Waals surface area contributed by atoms with Gasteiger partial charge in [0.15, 0.2) is 0 Å². The van der Waals surface area contributed by atoms with Gasteiger partial charge in [-0.1, -0.05) is 43.2 Å². The molecule has 1 aliphatic carbocycles. The van der Waals surface area contributed by atoms with Crippen LogP contribution in [0.1, 0.15) is 42.9 Å². The molecule has 0 spiro atoms. The number of benzene rings is 1. The predicted molar refractivity (Wildman–Crippen MR) is 108 cm³/mol. The number of carbonyl (C=O) groups excluding carboxylic acids is 1. The molecule has 0 radical (unpaired) electrons. The molecule has 3 heterocycles. The molecule has 1 aromatic carbocycles. The Bertz CT molecular complexity index is 826. The first-order valence-corrected chi connectivity index (χ1v) is 10.7. The monoisotopic (exact) mass is 378 g/mol. The molecular weight excluding hydrogens is 348 g/mol. The molecular formula is C23H30N4O. The lowest BCUT2D eigenvalue weighted by Gasteiger charge is -2.31. The number of aromatic nitrogens is 2. The number of fused-ring (bicyclic) bond motifs is 1. The fraction of sp³-hybridized carbons (Fsp3) is 0.565. The van der Waals surface area contributed by atoms with E-state index >= 15 is 0 Å². The Morgan fingerprint density at radius 1 is 1.11 bits per heavy atom. The van der Waals surface area contributed by atoms with E-state index < -0.39 is 0 Å². The van der Waals surface area contributed by atoms with Crippen LogP contribution >= 0.6 is 0 Å². The van der Waals surface area contributed by atoms with Crippen molar-refractivity contribution < 1.29 is 4.79 Å². The van der Waals surface area contributed by atoms with Crippen LogP contribution in [0.5, 0.6) is 0 Å². The molecule has 28 heavy (non-hydrogen) atoms. The molecule has 5 heteroatoms. The zero-order chi connectivity index (χ0) is 19.1. The number of likely N-dealkylation sites (tertiary alicyclic amines) is 2. The first-order chi connectivity index (χ1) is 13.7. The lowest BCUT2D eigenvalue weighted by atomic mass is 9.89. The second kappa shape index (κ2) is 7.36. The van der Waals surface area contributed by atoms with Crippen LogP contribution in [0.15, 0.2) is 42.7 Å². The lowest BCUT2D eigenvalue weighted by Crippen LogP contribution is -2.38. The third-order valence-corrected chi connectivity index (χ3v) is 7.03. The van der Waals surface area contributed by atoms with Gasteiger partial charge in [0.05, 0.1) is 12.2 Å². The van der Waals surface area contributed by atoms with Crippen molar-refractivity contribution in [1.29, 1.82) is 0 Å². The van der Waals surface area contributed by atoms with E-state index in [2.05, 4.69) is 51.4 Å². The van der Waals surface area contributed by atoms with E-state index in [9.17, 15) is 4.79 Å². The SMILES string of the molecule is Cn1cc(CN2C[C@H]3CN(C(=O)C4CCCC4)[C@H](c4ccccc4)[C@H]3C2)cn1. The summed E-state index contributed by atoms with van der Waals surface area (Å²) in [6.07, 6.45) is 8.67. The molecule has 0 unspecified atom stereocenters. The van der Waals surface area contributed by atoms with E-state index in [0.29, 0.717) is 17.7 Å². The summed E-state index contributed by atoms with van der Waals surface area (Å²) in [5, 5.41) is 4.31. The molecule has 5 nitrogen and oxygen atoms in total. The number of nitrogens with zero attached hydrogens (tertiary/aromatic N) is 4. The Labute approximate surface area is 167 Å². The van der Waals surface area contributed by atoms with Crippen molar-refractivity contribution in [2.24, 2.45) is 24.8 Å². The quantitative estimate of drug-likeness (QED) is 0.820. The molecule has 148 valence electrons. The number of amides is 1. The van der Waals surface area contributed by atoms with Crippen LogP contribution in [0.25, 0.3) is 0 Å². The second-order valence-corrected chi connectivity index (χ2v) is 8.97. The van der Waals surface area contributed by atoms with Crippen molar-refractivity contribution in [3.63, 3.8) is 0 Å². The number of hydrogen-bond acceptors (Lipinski definition) is 3. The molecule has 3 fully saturated rings. The third-order valence-electron chi connectivity index (χ3n) is 7.03.